The predicted octanol–water partition coefficient (Wildman–Crippen LogP) is 10.5. The van der Waals surface area contributed by atoms with E-state index in [1.165, 1.54) is 89.0 Å². The van der Waals surface area contributed by atoms with E-state index in [0.29, 0.717) is 23.5 Å². The van der Waals surface area contributed by atoms with Crippen molar-refractivity contribution < 1.29 is 8.78 Å². The molecule has 2 aromatic carbocycles. The van der Waals surface area contributed by atoms with Crippen molar-refractivity contribution in [3.8, 4) is 11.1 Å². The molecule has 0 bridgehead atoms. The van der Waals surface area contributed by atoms with Gasteiger partial charge in [0.25, 0.3) is 0 Å². The Morgan fingerprint density at radius 2 is 1.24 bits per heavy atom. The summed E-state index contributed by atoms with van der Waals surface area (Å²) in [5.41, 5.74) is 2.95. The Balaban J connectivity index is 1.49. The van der Waals surface area contributed by atoms with Crippen LogP contribution in [0.2, 0.25) is 0 Å². The van der Waals surface area contributed by atoms with Crippen molar-refractivity contribution in [3.05, 3.63) is 59.2 Å². The summed E-state index contributed by atoms with van der Waals surface area (Å²) in [6, 6.07) is 11.6. The van der Waals surface area contributed by atoms with Crippen molar-refractivity contribution >= 4 is 0 Å². The van der Waals surface area contributed by atoms with Crippen molar-refractivity contribution in [1.29, 1.82) is 0 Å². The zero-order chi connectivity index (χ0) is 24.2. The zero-order valence-corrected chi connectivity index (χ0v) is 21.7. The highest BCUT2D eigenvalue weighted by Crippen LogP contribution is 2.35. The van der Waals surface area contributed by atoms with E-state index in [2.05, 4.69) is 26.0 Å². The lowest BCUT2D eigenvalue weighted by atomic mass is 9.77. The molecule has 1 saturated carbocycles. The van der Waals surface area contributed by atoms with Crippen molar-refractivity contribution in [1.82, 2.24) is 0 Å². The first-order valence-electron chi connectivity index (χ1n) is 14.2. The number of benzene rings is 2. The molecule has 0 radical (unpaired) electrons. The van der Waals surface area contributed by atoms with Gasteiger partial charge in [-0.25, -0.2) is 8.78 Å². The number of hydrogen-bond acceptors (Lipinski definition) is 0. The molecule has 0 heterocycles. The first-order chi connectivity index (χ1) is 16.6. The monoisotopic (exact) mass is 468 g/mol. The van der Waals surface area contributed by atoms with Gasteiger partial charge in [-0.1, -0.05) is 127 Å². The second-order valence-corrected chi connectivity index (χ2v) is 10.7. The smallest absolute Gasteiger partial charge is 0.166 e. The van der Waals surface area contributed by atoms with Gasteiger partial charge in [0.05, 0.1) is 0 Å². The lowest BCUT2D eigenvalue weighted by Gasteiger charge is -2.28. The number of rotatable bonds is 14. The molecule has 1 fully saturated rings. The van der Waals surface area contributed by atoms with Crippen molar-refractivity contribution in [2.75, 3.05) is 0 Å². The maximum Gasteiger partial charge on any atom is 0.166 e. The summed E-state index contributed by atoms with van der Waals surface area (Å²) in [5.74, 6) is 0.220. The van der Waals surface area contributed by atoms with E-state index in [0.717, 1.165) is 24.3 Å². The van der Waals surface area contributed by atoms with Gasteiger partial charge in [-0.05, 0) is 54.2 Å². The second kappa shape index (κ2) is 14.6. The fourth-order valence-corrected chi connectivity index (χ4v) is 5.64. The fourth-order valence-electron chi connectivity index (χ4n) is 5.64. The largest absolute Gasteiger partial charge is 0.203 e. The van der Waals surface area contributed by atoms with Crippen molar-refractivity contribution in [2.24, 2.45) is 11.8 Å². The van der Waals surface area contributed by atoms with E-state index in [9.17, 15) is 8.78 Å². The van der Waals surface area contributed by atoms with Gasteiger partial charge in [0.1, 0.15) is 0 Å². The third kappa shape index (κ3) is 8.21. The third-order valence-corrected chi connectivity index (χ3v) is 8.00. The van der Waals surface area contributed by atoms with Gasteiger partial charge < -0.3 is 0 Å². The van der Waals surface area contributed by atoms with E-state index < -0.39 is 11.6 Å². The summed E-state index contributed by atoms with van der Waals surface area (Å²) in [7, 11) is 0. The van der Waals surface area contributed by atoms with Crippen LogP contribution in [0, 0.1) is 23.5 Å². The summed E-state index contributed by atoms with van der Waals surface area (Å²) in [4.78, 5) is 0. The highest BCUT2D eigenvalue weighted by molar-refractivity contribution is 5.65. The zero-order valence-electron chi connectivity index (χ0n) is 21.7. The topological polar surface area (TPSA) is 0 Å². The molecule has 0 nitrogen and oxygen atoms in total. The van der Waals surface area contributed by atoms with Crippen LogP contribution < -0.4 is 0 Å². The van der Waals surface area contributed by atoms with Crippen LogP contribution in [0.25, 0.3) is 11.1 Å². The van der Waals surface area contributed by atoms with Gasteiger partial charge in [-0.3, -0.25) is 0 Å². The Bertz CT molecular complexity index is 831. The molecular weight excluding hydrogens is 422 g/mol. The van der Waals surface area contributed by atoms with Gasteiger partial charge in [-0.2, -0.15) is 0 Å². The maximum absolute atomic E-state index is 15.0. The van der Waals surface area contributed by atoms with E-state index in [1.54, 1.807) is 6.07 Å². The Hall–Kier alpha value is -1.70. The normalized spacial score (nSPS) is 18.4. The lowest BCUT2D eigenvalue weighted by molar-refractivity contribution is 0.248. The van der Waals surface area contributed by atoms with Gasteiger partial charge in [0.2, 0.25) is 0 Å². The van der Waals surface area contributed by atoms with Gasteiger partial charge in [-0.15, -0.1) is 0 Å². The van der Waals surface area contributed by atoms with Crippen LogP contribution in [0.15, 0.2) is 36.4 Å². The molecule has 0 saturated heterocycles. The Morgan fingerprint density at radius 3 is 1.91 bits per heavy atom. The molecule has 0 N–H and O–H groups in total. The number of hydrogen-bond donors (Lipinski definition) is 0. The molecular formula is C32H46F2. The average molecular weight is 469 g/mol. The molecule has 0 spiro atoms. The Kier molecular flexibility index (Phi) is 11.6. The van der Waals surface area contributed by atoms with Gasteiger partial charge in [0.15, 0.2) is 11.6 Å². The first kappa shape index (κ1) is 26.9. The van der Waals surface area contributed by atoms with Crippen LogP contribution >= 0.6 is 0 Å². The average Bonchev–Trinajstić information content (AvgIpc) is 2.86. The van der Waals surface area contributed by atoms with E-state index >= 15 is 0 Å². The minimum Gasteiger partial charge on any atom is -0.203 e. The van der Waals surface area contributed by atoms with Gasteiger partial charge >= 0.3 is 0 Å². The van der Waals surface area contributed by atoms with Crippen LogP contribution in [0.3, 0.4) is 0 Å². The number of halogens is 2. The fraction of sp³-hybridized carbons (Fsp3) is 0.625. The molecule has 188 valence electrons. The molecule has 0 atom stereocenters. The molecule has 3 rings (SSSR count). The van der Waals surface area contributed by atoms with Crippen molar-refractivity contribution in [3.63, 3.8) is 0 Å². The Morgan fingerprint density at radius 1 is 0.618 bits per heavy atom. The third-order valence-electron chi connectivity index (χ3n) is 8.00. The summed E-state index contributed by atoms with van der Waals surface area (Å²) < 4.78 is 29.9. The van der Waals surface area contributed by atoms with Crippen molar-refractivity contribution in [2.45, 2.75) is 117 Å². The molecule has 0 amide bonds. The van der Waals surface area contributed by atoms with Crippen LogP contribution in [-0.4, -0.2) is 0 Å². The molecule has 0 aromatic heterocycles. The summed E-state index contributed by atoms with van der Waals surface area (Å²) in [6.45, 7) is 4.49. The highest BCUT2D eigenvalue weighted by Gasteiger charge is 2.22. The molecule has 2 aromatic rings. The summed E-state index contributed by atoms with van der Waals surface area (Å²) >= 11 is 0. The minimum atomic E-state index is -0.690. The Labute approximate surface area is 207 Å². The molecule has 2 heteroatoms. The predicted molar refractivity (Wildman–Crippen MR) is 142 cm³/mol. The van der Waals surface area contributed by atoms with Crippen LogP contribution in [-0.2, 0) is 12.8 Å². The maximum atomic E-state index is 15.0. The first-order valence-corrected chi connectivity index (χ1v) is 14.2. The number of unbranched alkanes of at least 4 members (excludes halogenated alkanes) is 6. The quantitative estimate of drug-likeness (QED) is 0.242. The second-order valence-electron chi connectivity index (χ2n) is 10.7. The summed E-state index contributed by atoms with van der Waals surface area (Å²) in [6.07, 6.45) is 19.5. The molecule has 1 aliphatic carbocycles. The molecule has 0 aliphatic heterocycles. The van der Waals surface area contributed by atoms with Crippen LogP contribution in [0.4, 0.5) is 8.78 Å². The van der Waals surface area contributed by atoms with E-state index in [-0.39, 0.29) is 0 Å². The van der Waals surface area contributed by atoms with E-state index in [1.807, 2.05) is 18.2 Å². The van der Waals surface area contributed by atoms with Gasteiger partial charge in [0, 0.05) is 5.56 Å². The highest BCUT2D eigenvalue weighted by atomic mass is 19.2. The SMILES string of the molecule is CCCCCCCc1ccc(-c2ccc(CCC3CCC(CCCCC)CC3)c(F)c2F)cc1. The summed E-state index contributed by atoms with van der Waals surface area (Å²) in [5, 5.41) is 0. The molecule has 1 aliphatic rings. The van der Waals surface area contributed by atoms with Crippen LogP contribution in [0.1, 0.15) is 115 Å². The lowest BCUT2D eigenvalue weighted by Crippen LogP contribution is -2.15. The molecule has 34 heavy (non-hydrogen) atoms. The standard InChI is InChI=1S/C32H46F2/c1-3-5-7-8-10-12-26-17-20-28(21-18-26)30-24-23-29(31(33)32(30)34)22-19-27-15-13-25(14-16-27)11-9-6-4-2/h17-18,20-21,23-25,27H,3-16,19,22H2,1-2H3. The molecule has 0 unspecified atom stereocenters. The van der Waals surface area contributed by atoms with Crippen LogP contribution in [0.5, 0.6) is 0 Å². The number of aryl methyl sites for hydroxylation is 2. The van der Waals surface area contributed by atoms with E-state index in [4.69, 9.17) is 0 Å². The minimum absolute atomic E-state index is 0.378.